The number of allylic oxidation sites excluding steroid dienone is 2. The molecule has 0 aliphatic rings. The zero-order valence-corrected chi connectivity index (χ0v) is 13.5. The van der Waals surface area contributed by atoms with Crippen LogP contribution in [0.15, 0.2) is 11.6 Å². The quantitative estimate of drug-likeness (QED) is 0.487. The van der Waals surface area contributed by atoms with E-state index in [2.05, 4.69) is 60.7 Å². The van der Waals surface area contributed by atoms with Crippen LogP contribution in [0.5, 0.6) is 0 Å². The Bertz CT molecular complexity index is 236. The highest BCUT2D eigenvalue weighted by Gasteiger charge is 2.36. The highest BCUT2D eigenvalue weighted by Crippen LogP contribution is 2.36. The Labute approximate surface area is 103 Å². The Morgan fingerprint density at radius 2 is 1.81 bits per heavy atom. The van der Waals surface area contributed by atoms with Crippen molar-refractivity contribution in [2.75, 3.05) is 6.61 Å². The van der Waals surface area contributed by atoms with Gasteiger partial charge in [0.15, 0.2) is 8.32 Å². The molecule has 0 aliphatic carbocycles. The van der Waals surface area contributed by atoms with Gasteiger partial charge in [0.2, 0.25) is 0 Å². The summed E-state index contributed by atoms with van der Waals surface area (Å²) in [6.07, 6.45) is 3.35. The summed E-state index contributed by atoms with van der Waals surface area (Å²) in [7, 11) is -1.54. The molecule has 0 spiro atoms. The van der Waals surface area contributed by atoms with Crippen molar-refractivity contribution in [3.63, 3.8) is 0 Å². The summed E-state index contributed by atoms with van der Waals surface area (Å²) in [4.78, 5) is 0. The number of hydrogen-bond donors (Lipinski definition) is 0. The molecule has 0 bridgehead atoms. The Hall–Kier alpha value is -0.0831. The van der Waals surface area contributed by atoms with Crippen LogP contribution in [0.2, 0.25) is 18.1 Å². The first-order chi connectivity index (χ1) is 7.12. The molecule has 0 amide bonds. The van der Waals surface area contributed by atoms with Crippen molar-refractivity contribution in [2.24, 2.45) is 5.92 Å². The molecule has 0 fully saturated rings. The van der Waals surface area contributed by atoms with Gasteiger partial charge in [-0.1, -0.05) is 39.3 Å². The summed E-state index contributed by atoms with van der Waals surface area (Å²) in [6.45, 7) is 19.0. The highest BCUT2D eigenvalue weighted by atomic mass is 28.4. The largest absolute Gasteiger partial charge is 0.417 e. The van der Waals surface area contributed by atoms with Crippen molar-refractivity contribution in [2.45, 2.75) is 66.1 Å². The summed E-state index contributed by atoms with van der Waals surface area (Å²) in [5.41, 5.74) is 1.47. The highest BCUT2D eigenvalue weighted by molar-refractivity contribution is 6.74. The lowest BCUT2D eigenvalue weighted by atomic mass is 10.00. The molecule has 0 aromatic rings. The van der Waals surface area contributed by atoms with Crippen LogP contribution in [0.4, 0.5) is 0 Å². The van der Waals surface area contributed by atoms with Crippen LogP contribution in [0, 0.1) is 5.92 Å². The van der Waals surface area contributed by atoms with Gasteiger partial charge in [-0.15, -0.1) is 0 Å². The standard InChI is InChI=1S/C14H30OSi/c1-9-12(2)13(3)10-11-15-16(7,8)14(4,5)6/h9,13H,10-11H2,1-8H3/b12-9+. The van der Waals surface area contributed by atoms with E-state index >= 15 is 0 Å². The van der Waals surface area contributed by atoms with Crippen LogP contribution < -0.4 is 0 Å². The van der Waals surface area contributed by atoms with Crippen molar-refractivity contribution in [3.05, 3.63) is 11.6 Å². The fourth-order valence-corrected chi connectivity index (χ4v) is 2.28. The summed E-state index contributed by atoms with van der Waals surface area (Å²) in [5, 5.41) is 0.325. The summed E-state index contributed by atoms with van der Waals surface area (Å²) in [6, 6.07) is 0. The van der Waals surface area contributed by atoms with E-state index in [4.69, 9.17) is 4.43 Å². The maximum atomic E-state index is 6.17. The summed E-state index contributed by atoms with van der Waals surface area (Å²) in [5.74, 6) is 0.648. The van der Waals surface area contributed by atoms with Gasteiger partial charge in [0.1, 0.15) is 0 Å². The zero-order chi connectivity index (χ0) is 13.0. The Morgan fingerprint density at radius 1 is 1.31 bits per heavy atom. The van der Waals surface area contributed by atoms with E-state index in [9.17, 15) is 0 Å². The van der Waals surface area contributed by atoms with E-state index in [0.717, 1.165) is 13.0 Å². The van der Waals surface area contributed by atoms with Crippen LogP contribution in [0.1, 0.15) is 48.0 Å². The SMILES string of the molecule is C/C=C(\C)C(C)CCO[Si](C)(C)C(C)(C)C. The molecular formula is C14H30OSi. The van der Waals surface area contributed by atoms with E-state index in [0.29, 0.717) is 11.0 Å². The van der Waals surface area contributed by atoms with Gasteiger partial charge < -0.3 is 4.43 Å². The maximum Gasteiger partial charge on any atom is 0.191 e. The fourth-order valence-electron chi connectivity index (χ4n) is 1.22. The van der Waals surface area contributed by atoms with Gasteiger partial charge in [0.25, 0.3) is 0 Å². The van der Waals surface area contributed by atoms with Gasteiger partial charge >= 0.3 is 0 Å². The normalized spacial score (nSPS) is 16.4. The molecule has 1 nitrogen and oxygen atoms in total. The van der Waals surface area contributed by atoms with Crippen molar-refractivity contribution in [3.8, 4) is 0 Å². The minimum Gasteiger partial charge on any atom is -0.417 e. The number of hydrogen-bond acceptors (Lipinski definition) is 1. The molecule has 96 valence electrons. The van der Waals surface area contributed by atoms with E-state index in [-0.39, 0.29) is 0 Å². The van der Waals surface area contributed by atoms with Crippen LogP contribution in [0.25, 0.3) is 0 Å². The minimum atomic E-state index is -1.54. The molecule has 1 unspecified atom stereocenters. The molecule has 16 heavy (non-hydrogen) atoms. The molecule has 0 radical (unpaired) electrons. The van der Waals surface area contributed by atoms with Crippen LogP contribution >= 0.6 is 0 Å². The third kappa shape index (κ3) is 4.83. The summed E-state index contributed by atoms with van der Waals surface area (Å²) >= 11 is 0. The first kappa shape index (κ1) is 15.9. The van der Waals surface area contributed by atoms with E-state index < -0.39 is 8.32 Å². The molecule has 0 aliphatic heterocycles. The third-order valence-electron chi connectivity index (χ3n) is 4.05. The second-order valence-corrected chi connectivity index (χ2v) is 11.1. The average Bonchev–Trinajstić information content (AvgIpc) is 2.14. The van der Waals surface area contributed by atoms with Crippen LogP contribution in [0.3, 0.4) is 0 Å². The Kier molecular flexibility index (Phi) is 5.98. The Morgan fingerprint density at radius 3 is 2.19 bits per heavy atom. The molecule has 0 rings (SSSR count). The van der Waals surface area contributed by atoms with Crippen molar-refractivity contribution in [1.82, 2.24) is 0 Å². The van der Waals surface area contributed by atoms with E-state index in [1.54, 1.807) is 0 Å². The molecule has 0 saturated carbocycles. The Balaban J connectivity index is 4.09. The molecule has 0 aromatic carbocycles. The van der Waals surface area contributed by atoms with Gasteiger partial charge in [-0.05, 0) is 44.3 Å². The van der Waals surface area contributed by atoms with Crippen LogP contribution in [-0.4, -0.2) is 14.9 Å². The van der Waals surface area contributed by atoms with E-state index in [1.807, 2.05) is 0 Å². The topological polar surface area (TPSA) is 9.23 Å². The molecule has 1 atom stereocenters. The predicted octanol–water partition coefficient (Wildman–Crippen LogP) is 5.00. The minimum absolute atomic E-state index is 0.325. The molecule has 2 heteroatoms. The molecule has 0 aromatic heterocycles. The first-order valence-electron chi connectivity index (χ1n) is 6.38. The third-order valence-corrected chi connectivity index (χ3v) is 8.59. The first-order valence-corrected chi connectivity index (χ1v) is 9.29. The summed E-state index contributed by atoms with van der Waals surface area (Å²) < 4.78 is 6.17. The number of rotatable bonds is 5. The second kappa shape index (κ2) is 6.01. The van der Waals surface area contributed by atoms with Gasteiger partial charge in [-0.3, -0.25) is 0 Å². The predicted molar refractivity (Wildman–Crippen MR) is 76.4 cm³/mol. The maximum absolute atomic E-state index is 6.17. The van der Waals surface area contributed by atoms with E-state index in [1.165, 1.54) is 5.57 Å². The van der Waals surface area contributed by atoms with Gasteiger partial charge in [0.05, 0.1) is 0 Å². The zero-order valence-electron chi connectivity index (χ0n) is 12.5. The monoisotopic (exact) mass is 242 g/mol. The van der Waals surface area contributed by atoms with Crippen molar-refractivity contribution in [1.29, 1.82) is 0 Å². The van der Waals surface area contributed by atoms with Crippen molar-refractivity contribution < 1.29 is 4.43 Å². The van der Waals surface area contributed by atoms with Gasteiger partial charge in [-0.2, -0.15) is 0 Å². The van der Waals surface area contributed by atoms with Gasteiger partial charge in [-0.25, -0.2) is 0 Å². The smallest absolute Gasteiger partial charge is 0.191 e. The second-order valence-electron chi connectivity index (χ2n) is 6.33. The van der Waals surface area contributed by atoms with Crippen molar-refractivity contribution >= 4 is 8.32 Å². The lowest BCUT2D eigenvalue weighted by Gasteiger charge is -2.36. The lowest BCUT2D eigenvalue weighted by molar-refractivity contribution is 0.267. The molecule has 0 saturated heterocycles. The molecule has 0 N–H and O–H groups in total. The van der Waals surface area contributed by atoms with Crippen LogP contribution in [-0.2, 0) is 4.43 Å². The fraction of sp³-hybridized carbons (Fsp3) is 0.857. The molecule has 0 heterocycles. The average molecular weight is 242 g/mol. The lowest BCUT2D eigenvalue weighted by Crippen LogP contribution is -2.41. The van der Waals surface area contributed by atoms with Gasteiger partial charge in [0, 0.05) is 6.61 Å². The molecular weight excluding hydrogens is 212 g/mol.